The zero-order valence-electron chi connectivity index (χ0n) is 13.7. The van der Waals surface area contributed by atoms with Crippen molar-refractivity contribution in [1.82, 2.24) is 10.6 Å². The summed E-state index contributed by atoms with van der Waals surface area (Å²) in [7, 11) is 0. The molecule has 4 aliphatic rings. The molecule has 0 saturated carbocycles. The van der Waals surface area contributed by atoms with Crippen molar-refractivity contribution in [2.45, 2.75) is 5.66 Å². The van der Waals surface area contributed by atoms with E-state index >= 15 is 0 Å². The highest BCUT2D eigenvalue weighted by Gasteiger charge is 2.49. The standard InChI is InChI=1S/C23H18N2/c1-3-11-18-16(9-1)17-10-2-4-12-19(17)23(18)24-20-13-5-7-15-8-6-14-21(25-23)22(15)20/h1-15,22,24-25H. The van der Waals surface area contributed by atoms with Gasteiger partial charge >= 0.3 is 0 Å². The largest absolute Gasteiger partial charge is 0.358 e. The molecular weight excluding hydrogens is 304 g/mol. The third kappa shape index (κ3) is 1.59. The van der Waals surface area contributed by atoms with E-state index in [4.69, 9.17) is 0 Å². The molecule has 2 aromatic rings. The van der Waals surface area contributed by atoms with Crippen molar-refractivity contribution in [3.63, 3.8) is 0 Å². The molecule has 2 aromatic carbocycles. The minimum Gasteiger partial charge on any atom is -0.358 e. The van der Waals surface area contributed by atoms with Crippen LogP contribution in [0, 0.1) is 11.8 Å². The summed E-state index contributed by atoms with van der Waals surface area (Å²) in [5.74, 6) is 0.810. The van der Waals surface area contributed by atoms with E-state index in [0.717, 1.165) is 0 Å². The van der Waals surface area contributed by atoms with Crippen LogP contribution in [0.25, 0.3) is 11.1 Å². The van der Waals surface area contributed by atoms with E-state index in [2.05, 4.69) is 95.6 Å². The Balaban J connectivity index is 1.63. The molecule has 0 bridgehead atoms. The molecular formula is C23H18N2. The van der Waals surface area contributed by atoms with Gasteiger partial charge in [-0.3, -0.25) is 0 Å². The minimum absolute atomic E-state index is 0.376. The fourth-order valence-corrected chi connectivity index (χ4v) is 4.86. The van der Waals surface area contributed by atoms with E-state index in [1.807, 2.05) is 0 Å². The lowest BCUT2D eigenvalue weighted by atomic mass is 9.76. The van der Waals surface area contributed by atoms with Gasteiger partial charge in [-0.05, 0) is 23.3 Å². The highest BCUT2D eigenvalue weighted by molar-refractivity contribution is 5.81. The molecule has 1 saturated heterocycles. The number of allylic oxidation sites excluding steroid dienone is 6. The number of hydrogen-bond acceptors (Lipinski definition) is 2. The molecule has 2 N–H and O–H groups in total. The van der Waals surface area contributed by atoms with E-state index in [1.165, 1.54) is 33.6 Å². The highest BCUT2D eigenvalue weighted by atomic mass is 15.2. The first-order valence-electron chi connectivity index (χ1n) is 8.89. The van der Waals surface area contributed by atoms with Gasteiger partial charge in [-0.25, -0.2) is 0 Å². The maximum atomic E-state index is 3.90. The van der Waals surface area contributed by atoms with Crippen LogP contribution in [0.2, 0.25) is 0 Å². The van der Waals surface area contributed by atoms with Crippen molar-refractivity contribution in [2.75, 3.05) is 0 Å². The van der Waals surface area contributed by atoms with Crippen molar-refractivity contribution in [3.8, 4) is 11.1 Å². The van der Waals surface area contributed by atoms with Gasteiger partial charge in [0.2, 0.25) is 0 Å². The second kappa shape index (κ2) is 4.54. The maximum absolute atomic E-state index is 3.90. The van der Waals surface area contributed by atoms with Crippen LogP contribution >= 0.6 is 0 Å². The second-order valence-corrected chi connectivity index (χ2v) is 7.16. The quantitative estimate of drug-likeness (QED) is 0.759. The normalized spacial score (nSPS) is 25.9. The Morgan fingerprint density at radius 2 is 1.20 bits per heavy atom. The first-order chi connectivity index (χ1) is 12.4. The van der Waals surface area contributed by atoms with Crippen LogP contribution in [0.4, 0.5) is 0 Å². The van der Waals surface area contributed by atoms with Crippen LogP contribution in [0.15, 0.2) is 96.4 Å². The Labute approximate surface area is 147 Å². The first kappa shape index (κ1) is 13.3. The minimum atomic E-state index is -0.387. The molecule has 0 atom stereocenters. The van der Waals surface area contributed by atoms with Crippen LogP contribution in [-0.4, -0.2) is 0 Å². The third-order valence-corrected chi connectivity index (χ3v) is 5.89. The highest BCUT2D eigenvalue weighted by Crippen LogP contribution is 2.51. The molecule has 25 heavy (non-hydrogen) atoms. The molecule has 2 nitrogen and oxygen atoms in total. The zero-order chi connectivity index (χ0) is 16.4. The van der Waals surface area contributed by atoms with Gasteiger partial charge < -0.3 is 10.6 Å². The monoisotopic (exact) mass is 322 g/mol. The zero-order valence-corrected chi connectivity index (χ0v) is 13.7. The van der Waals surface area contributed by atoms with E-state index in [-0.39, 0.29) is 5.66 Å². The molecule has 0 amide bonds. The van der Waals surface area contributed by atoms with Crippen LogP contribution < -0.4 is 10.6 Å². The van der Waals surface area contributed by atoms with E-state index in [0.29, 0.717) is 11.8 Å². The van der Waals surface area contributed by atoms with Crippen molar-refractivity contribution < 1.29 is 0 Å². The predicted molar refractivity (Wildman–Crippen MR) is 100 cm³/mol. The van der Waals surface area contributed by atoms with Crippen molar-refractivity contribution in [1.29, 1.82) is 0 Å². The van der Waals surface area contributed by atoms with Gasteiger partial charge in [0.1, 0.15) is 0 Å². The van der Waals surface area contributed by atoms with Crippen LogP contribution in [0.5, 0.6) is 0 Å². The van der Waals surface area contributed by atoms with Crippen molar-refractivity contribution in [2.24, 2.45) is 11.8 Å². The number of benzene rings is 2. The third-order valence-electron chi connectivity index (χ3n) is 5.89. The number of fused-ring (bicyclic) bond motifs is 5. The fourth-order valence-electron chi connectivity index (χ4n) is 4.86. The summed E-state index contributed by atoms with van der Waals surface area (Å²) in [5.41, 5.74) is 7.44. The smallest absolute Gasteiger partial charge is 0.162 e. The first-order valence-corrected chi connectivity index (χ1v) is 8.89. The Hall–Kier alpha value is -3.00. The van der Waals surface area contributed by atoms with E-state index in [9.17, 15) is 0 Å². The average Bonchev–Trinajstić information content (AvgIpc) is 2.93. The fraction of sp³-hybridized carbons (Fsp3) is 0.130. The molecule has 120 valence electrons. The van der Waals surface area contributed by atoms with Gasteiger partial charge in [-0.15, -0.1) is 0 Å². The van der Waals surface area contributed by atoms with Crippen LogP contribution in [0.1, 0.15) is 11.1 Å². The lowest BCUT2D eigenvalue weighted by molar-refractivity contribution is 0.296. The SMILES string of the molecule is C1=CC2C=CC=C3NC4(NC(=C1)C32)c1ccccc1-c1ccccc14. The summed E-state index contributed by atoms with van der Waals surface area (Å²) < 4.78 is 0. The summed E-state index contributed by atoms with van der Waals surface area (Å²) in [5, 5.41) is 7.79. The van der Waals surface area contributed by atoms with Gasteiger partial charge in [0.15, 0.2) is 5.66 Å². The van der Waals surface area contributed by atoms with Crippen LogP contribution in [-0.2, 0) is 5.66 Å². The molecule has 2 heteroatoms. The lowest BCUT2D eigenvalue weighted by Gasteiger charge is -2.48. The number of rotatable bonds is 0. The predicted octanol–water partition coefficient (Wildman–Crippen LogP) is 4.20. The van der Waals surface area contributed by atoms with Gasteiger partial charge in [-0.1, -0.05) is 72.8 Å². The van der Waals surface area contributed by atoms with Crippen molar-refractivity contribution in [3.05, 3.63) is 108 Å². The van der Waals surface area contributed by atoms with Gasteiger partial charge in [0.25, 0.3) is 0 Å². The molecule has 0 aromatic heterocycles. The molecule has 0 unspecified atom stereocenters. The summed E-state index contributed by atoms with van der Waals surface area (Å²) >= 11 is 0. The summed E-state index contributed by atoms with van der Waals surface area (Å²) in [4.78, 5) is 0. The maximum Gasteiger partial charge on any atom is 0.162 e. The van der Waals surface area contributed by atoms with Crippen molar-refractivity contribution >= 4 is 0 Å². The topological polar surface area (TPSA) is 24.1 Å². The summed E-state index contributed by atoms with van der Waals surface area (Å²) in [6.45, 7) is 0. The molecule has 1 heterocycles. The molecule has 0 radical (unpaired) electrons. The molecule has 3 aliphatic carbocycles. The molecule has 1 fully saturated rings. The number of hydrogen-bond donors (Lipinski definition) is 2. The average molecular weight is 322 g/mol. The van der Waals surface area contributed by atoms with Crippen LogP contribution in [0.3, 0.4) is 0 Å². The molecule has 1 spiro atoms. The molecule has 1 aliphatic heterocycles. The molecule has 6 rings (SSSR count). The Morgan fingerprint density at radius 3 is 1.76 bits per heavy atom. The van der Waals surface area contributed by atoms with Gasteiger partial charge in [-0.2, -0.15) is 0 Å². The van der Waals surface area contributed by atoms with E-state index in [1.54, 1.807) is 0 Å². The Morgan fingerprint density at radius 1 is 0.680 bits per heavy atom. The van der Waals surface area contributed by atoms with E-state index < -0.39 is 0 Å². The Bertz CT molecular complexity index is 940. The summed E-state index contributed by atoms with van der Waals surface area (Å²) in [6.07, 6.45) is 13.4. The summed E-state index contributed by atoms with van der Waals surface area (Å²) in [6, 6.07) is 17.5. The van der Waals surface area contributed by atoms with Gasteiger partial charge in [0, 0.05) is 34.4 Å². The lowest BCUT2D eigenvalue weighted by Crippen LogP contribution is -2.60. The Kier molecular flexibility index (Phi) is 2.42. The second-order valence-electron chi connectivity index (χ2n) is 7.16. The number of nitrogens with one attached hydrogen (secondary N) is 2. The van der Waals surface area contributed by atoms with Gasteiger partial charge in [0.05, 0.1) is 0 Å².